The molecule has 1 heterocycles. The number of likely N-dealkylation sites (N-methyl/N-ethyl adjacent to an activating group) is 2. The van der Waals surface area contributed by atoms with Gasteiger partial charge in [-0.25, -0.2) is 0 Å². The van der Waals surface area contributed by atoms with Gasteiger partial charge in [0.25, 0.3) is 0 Å². The molecule has 0 unspecified atom stereocenters. The van der Waals surface area contributed by atoms with Gasteiger partial charge in [-0.15, -0.1) is 0 Å². The first-order valence-electron chi connectivity index (χ1n) is 8.80. The van der Waals surface area contributed by atoms with Gasteiger partial charge in [-0.3, -0.25) is 4.79 Å². The number of amides is 1. The smallest absolute Gasteiger partial charge is 0.248 e. The minimum Gasteiger partial charge on any atom is -0.367 e. The van der Waals surface area contributed by atoms with Gasteiger partial charge in [0.05, 0.1) is 6.61 Å². The van der Waals surface area contributed by atoms with E-state index in [-0.39, 0.29) is 12.5 Å². The van der Waals surface area contributed by atoms with Crippen LogP contribution >= 0.6 is 0 Å². The van der Waals surface area contributed by atoms with Crippen molar-refractivity contribution in [2.45, 2.75) is 25.5 Å². The highest BCUT2D eigenvalue weighted by Crippen LogP contribution is 2.15. The molecule has 0 aliphatic carbocycles. The third-order valence-corrected chi connectivity index (χ3v) is 4.61. The second-order valence-corrected chi connectivity index (χ2v) is 6.90. The largest absolute Gasteiger partial charge is 0.367 e. The first kappa shape index (κ1) is 18.9. The van der Waals surface area contributed by atoms with E-state index in [1.165, 1.54) is 6.42 Å². The maximum Gasteiger partial charge on any atom is 0.248 e. The Kier molecular flexibility index (Phi) is 7.69. The Labute approximate surface area is 146 Å². The number of ether oxygens (including phenoxy) is 1. The summed E-state index contributed by atoms with van der Waals surface area (Å²) >= 11 is 0. The predicted octanol–water partition coefficient (Wildman–Crippen LogP) is 1.69. The van der Waals surface area contributed by atoms with Crippen molar-refractivity contribution >= 4 is 5.91 Å². The molecule has 134 valence electrons. The Hall–Kier alpha value is -1.43. The van der Waals surface area contributed by atoms with E-state index in [1.807, 2.05) is 35.2 Å². The molecule has 0 spiro atoms. The molecule has 0 radical (unpaired) electrons. The Morgan fingerprint density at radius 2 is 1.96 bits per heavy atom. The van der Waals surface area contributed by atoms with E-state index >= 15 is 0 Å². The summed E-state index contributed by atoms with van der Waals surface area (Å²) in [6, 6.07) is 10.4. The van der Waals surface area contributed by atoms with Crippen LogP contribution in [0.4, 0.5) is 0 Å². The van der Waals surface area contributed by atoms with Crippen molar-refractivity contribution in [1.82, 2.24) is 14.7 Å². The molecular formula is C19H31N3O2. The fraction of sp³-hybridized carbons (Fsp3) is 0.632. The van der Waals surface area contributed by atoms with Crippen LogP contribution in [0.25, 0.3) is 0 Å². The average Bonchev–Trinajstić information content (AvgIpc) is 2.60. The van der Waals surface area contributed by atoms with Crippen molar-refractivity contribution in [2.24, 2.45) is 0 Å². The summed E-state index contributed by atoms with van der Waals surface area (Å²) in [7, 11) is 6.34. The number of carbonyl (C=O) groups is 1. The Morgan fingerprint density at radius 3 is 2.67 bits per heavy atom. The van der Waals surface area contributed by atoms with Gasteiger partial charge >= 0.3 is 0 Å². The molecule has 1 amide bonds. The van der Waals surface area contributed by atoms with Gasteiger partial charge < -0.3 is 19.4 Å². The van der Waals surface area contributed by atoms with Crippen molar-refractivity contribution in [3.05, 3.63) is 35.9 Å². The minimum atomic E-state index is 0.108. The average molecular weight is 333 g/mol. The number of benzene rings is 1. The molecule has 0 saturated carbocycles. The summed E-state index contributed by atoms with van der Waals surface area (Å²) in [6.45, 7) is 4.41. The van der Waals surface area contributed by atoms with Crippen molar-refractivity contribution in [3.63, 3.8) is 0 Å². The number of likely N-dealkylation sites (tertiary alicyclic amines) is 1. The third kappa shape index (κ3) is 6.23. The van der Waals surface area contributed by atoms with E-state index in [0.717, 1.165) is 38.2 Å². The SMILES string of the molecule is CN(C)CCN(C)[C@H]1CCCN(C(=O)COCc2ccccc2)C1. The highest BCUT2D eigenvalue weighted by atomic mass is 16.5. The number of hydrogen-bond donors (Lipinski definition) is 0. The molecule has 1 atom stereocenters. The molecule has 0 aromatic heterocycles. The maximum absolute atomic E-state index is 12.4. The van der Waals surface area contributed by atoms with E-state index in [9.17, 15) is 4.79 Å². The fourth-order valence-corrected chi connectivity index (χ4v) is 3.00. The summed E-state index contributed by atoms with van der Waals surface area (Å²) in [5, 5.41) is 0. The van der Waals surface area contributed by atoms with Gasteiger partial charge in [0.2, 0.25) is 5.91 Å². The van der Waals surface area contributed by atoms with Crippen LogP contribution in [-0.2, 0) is 16.1 Å². The first-order valence-corrected chi connectivity index (χ1v) is 8.80. The van der Waals surface area contributed by atoms with Gasteiger partial charge in [0.15, 0.2) is 0 Å². The normalized spacial score (nSPS) is 18.4. The van der Waals surface area contributed by atoms with Gasteiger partial charge in [-0.2, -0.15) is 0 Å². The number of piperidine rings is 1. The summed E-state index contributed by atoms with van der Waals surface area (Å²) in [4.78, 5) is 18.9. The topological polar surface area (TPSA) is 36.0 Å². The standard InChI is InChI=1S/C19H31N3O2/c1-20(2)12-13-21(3)18-10-7-11-22(14-18)19(23)16-24-15-17-8-5-4-6-9-17/h4-6,8-9,18H,7,10-16H2,1-3H3/t18-/m0/s1. The molecule has 1 aromatic rings. The molecule has 5 nitrogen and oxygen atoms in total. The Balaban J connectivity index is 1.73. The lowest BCUT2D eigenvalue weighted by molar-refractivity contribution is -0.138. The van der Waals surface area contributed by atoms with Crippen molar-refractivity contribution in [1.29, 1.82) is 0 Å². The van der Waals surface area contributed by atoms with E-state index in [0.29, 0.717) is 12.6 Å². The Morgan fingerprint density at radius 1 is 1.21 bits per heavy atom. The van der Waals surface area contributed by atoms with E-state index in [4.69, 9.17) is 4.74 Å². The number of carbonyl (C=O) groups excluding carboxylic acids is 1. The molecule has 0 N–H and O–H groups in total. The lowest BCUT2D eigenvalue weighted by Crippen LogP contribution is -2.50. The number of nitrogens with zero attached hydrogens (tertiary/aromatic N) is 3. The molecule has 1 aliphatic heterocycles. The van der Waals surface area contributed by atoms with Crippen LogP contribution in [0.3, 0.4) is 0 Å². The zero-order chi connectivity index (χ0) is 17.4. The zero-order valence-corrected chi connectivity index (χ0v) is 15.3. The fourth-order valence-electron chi connectivity index (χ4n) is 3.00. The lowest BCUT2D eigenvalue weighted by atomic mass is 10.0. The lowest BCUT2D eigenvalue weighted by Gasteiger charge is -2.38. The second-order valence-electron chi connectivity index (χ2n) is 6.90. The molecule has 2 rings (SSSR count). The third-order valence-electron chi connectivity index (χ3n) is 4.61. The van der Waals surface area contributed by atoms with Gasteiger partial charge in [-0.05, 0) is 39.5 Å². The van der Waals surface area contributed by atoms with Crippen LogP contribution < -0.4 is 0 Å². The molecular weight excluding hydrogens is 302 g/mol. The zero-order valence-electron chi connectivity index (χ0n) is 15.3. The number of rotatable bonds is 8. The first-order chi connectivity index (χ1) is 11.6. The molecule has 1 aromatic carbocycles. The van der Waals surface area contributed by atoms with E-state index in [2.05, 4.69) is 30.9 Å². The highest BCUT2D eigenvalue weighted by molar-refractivity contribution is 5.77. The van der Waals surface area contributed by atoms with Gasteiger partial charge in [0.1, 0.15) is 6.61 Å². The molecule has 24 heavy (non-hydrogen) atoms. The minimum absolute atomic E-state index is 0.108. The molecule has 1 aliphatic rings. The molecule has 1 saturated heterocycles. The highest BCUT2D eigenvalue weighted by Gasteiger charge is 2.26. The van der Waals surface area contributed by atoms with E-state index < -0.39 is 0 Å². The van der Waals surface area contributed by atoms with Crippen molar-refractivity contribution in [3.8, 4) is 0 Å². The van der Waals surface area contributed by atoms with Crippen LogP contribution in [-0.4, -0.2) is 80.6 Å². The van der Waals surface area contributed by atoms with Crippen LogP contribution in [0.15, 0.2) is 30.3 Å². The van der Waals surface area contributed by atoms with Gasteiger partial charge in [0, 0.05) is 32.2 Å². The summed E-state index contributed by atoms with van der Waals surface area (Å²) in [6.07, 6.45) is 2.24. The number of hydrogen-bond acceptors (Lipinski definition) is 4. The van der Waals surface area contributed by atoms with Crippen LogP contribution in [0, 0.1) is 0 Å². The molecule has 0 bridgehead atoms. The maximum atomic E-state index is 12.4. The summed E-state index contributed by atoms with van der Waals surface area (Å²) in [5.41, 5.74) is 1.10. The monoisotopic (exact) mass is 333 g/mol. The van der Waals surface area contributed by atoms with Gasteiger partial charge in [-0.1, -0.05) is 30.3 Å². The Bertz CT molecular complexity index is 493. The van der Waals surface area contributed by atoms with E-state index in [1.54, 1.807) is 0 Å². The predicted molar refractivity (Wildman–Crippen MR) is 96.9 cm³/mol. The van der Waals surface area contributed by atoms with Crippen molar-refractivity contribution < 1.29 is 9.53 Å². The summed E-state index contributed by atoms with van der Waals surface area (Å²) < 4.78 is 5.60. The van der Waals surface area contributed by atoms with Crippen LogP contribution in [0.2, 0.25) is 0 Å². The summed E-state index contributed by atoms with van der Waals surface area (Å²) in [5.74, 6) is 0.108. The molecule has 1 fully saturated rings. The van der Waals surface area contributed by atoms with Crippen LogP contribution in [0.5, 0.6) is 0 Å². The van der Waals surface area contributed by atoms with Crippen LogP contribution in [0.1, 0.15) is 18.4 Å². The quantitative estimate of drug-likeness (QED) is 0.725. The second kappa shape index (κ2) is 9.77. The molecule has 5 heteroatoms. The van der Waals surface area contributed by atoms with Crippen molar-refractivity contribution in [2.75, 3.05) is 53.9 Å².